The van der Waals surface area contributed by atoms with Crippen molar-refractivity contribution in [3.63, 3.8) is 0 Å². The van der Waals surface area contributed by atoms with Crippen LogP contribution in [-0.4, -0.2) is 22.4 Å². The molecule has 0 spiro atoms. The highest BCUT2D eigenvalue weighted by Gasteiger charge is 2.09. The largest absolute Gasteiger partial charge is 0.369 e. The van der Waals surface area contributed by atoms with Crippen molar-refractivity contribution in [2.75, 3.05) is 11.9 Å². The number of hydrogen-bond donors (Lipinski definition) is 2. The summed E-state index contributed by atoms with van der Waals surface area (Å²) < 4.78 is 0. The second-order valence-corrected chi connectivity index (χ2v) is 5.43. The van der Waals surface area contributed by atoms with Crippen LogP contribution in [0, 0.1) is 6.92 Å². The maximum Gasteiger partial charge on any atom is 0.271 e. The van der Waals surface area contributed by atoms with E-state index in [2.05, 4.69) is 27.5 Å². The van der Waals surface area contributed by atoms with Crippen LogP contribution >= 0.6 is 11.3 Å². The van der Waals surface area contributed by atoms with E-state index in [0.717, 1.165) is 17.8 Å². The summed E-state index contributed by atoms with van der Waals surface area (Å²) in [6.45, 7) is 5.44. The summed E-state index contributed by atoms with van der Waals surface area (Å²) in [6, 6.07) is 2.04. The van der Waals surface area contributed by atoms with E-state index < -0.39 is 0 Å². The van der Waals surface area contributed by atoms with Gasteiger partial charge in [-0.15, -0.1) is 11.3 Å². The van der Waals surface area contributed by atoms with Gasteiger partial charge < -0.3 is 10.6 Å². The van der Waals surface area contributed by atoms with Gasteiger partial charge in [0.15, 0.2) is 0 Å². The molecule has 2 aromatic rings. The van der Waals surface area contributed by atoms with Crippen molar-refractivity contribution in [3.05, 3.63) is 40.0 Å². The molecule has 20 heavy (non-hydrogen) atoms. The SMILES string of the molecule is CCCNc1cncc(C(=O)NCc2sccc2C)n1. The molecule has 2 heterocycles. The van der Waals surface area contributed by atoms with Gasteiger partial charge in [0.05, 0.1) is 18.9 Å². The number of nitrogens with zero attached hydrogens (tertiary/aromatic N) is 2. The Balaban J connectivity index is 1.96. The van der Waals surface area contributed by atoms with Gasteiger partial charge in [-0.25, -0.2) is 4.98 Å². The highest BCUT2D eigenvalue weighted by Crippen LogP contribution is 2.15. The summed E-state index contributed by atoms with van der Waals surface area (Å²) in [6.07, 6.45) is 4.10. The molecule has 0 atom stereocenters. The number of amides is 1. The first kappa shape index (κ1) is 14.5. The van der Waals surface area contributed by atoms with Crippen LogP contribution in [0.15, 0.2) is 23.8 Å². The van der Waals surface area contributed by atoms with Crippen LogP contribution in [0.2, 0.25) is 0 Å². The molecule has 2 rings (SSSR count). The lowest BCUT2D eigenvalue weighted by atomic mass is 10.3. The summed E-state index contributed by atoms with van der Waals surface area (Å²) in [5, 5.41) is 8.00. The number of hydrogen-bond acceptors (Lipinski definition) is 5. The van der Waals surface area contributed by atoms with Crippen LogP contribution in [0.5, 0.6) is 0 Å². The molecule has 5 nitrogen and oxygen atoms in total. The molecule has 6 heteroatoms. The third-order valence-electron chi connectivity index (χ3n) is 2.80. The maximum absolute atomic E-state index is 12.0. The number of carbonyl (C=O) groups is 1. The van der Waals surface area contributed by atoms with Gasteiger partial charge in [-0.05, 0) is 30.4 Å². The van der Waals surface area contributed by atoms with Crippen LogP contribution in [0.25, 0.3) is 0 Å². The Bertz CT molecular complexity index is 582. The number of anilines is 1. The van der Waals surface area contributed by atoms with E-state index in [9.17, 15) is 4.79 Å². The molecule has 0 radical (unpaired) electrons. The van der Waals surface area contributed by atoms with E-state index in [1.54, 1.807) is 17.5 Å². The zero-order chi connectivity index (χ0) is 14.4. The Morgan fingerprint density at radius 3 is 2.95 bits per heavy atom. The van der Waals surface area contributed by atoms with Crippen molar-refractivity contribution in [1.82, 2.24) is 15.3 Å². The third kappa shape index (κ3) is 3.77. The molecule has 0 aliphatic carbocycles. The van der Waals surface area contributed by atoms with Gasteiger partial charge in [-0.3, -0.25) is 9.78 Å². The second-order valence-electron chi connectivity index (χ2n) is 4.43. The second kappa shape index (κ2) is 7.00. The lowest BCUT2D eigenvalue weighted by molar-refractivity contribution is 0.0946. The van der Waals surface area contributed by atoms with Gasteiger partial charge in [-0.2, -0.15) is 0 Å². The number of carbonyl (C=O) groups excluding carboxylic acids is 1. The molecular formula is C14H18N4OS. The first-order valence-corrected chi connectivity index (χ1v) is 7.45. The van der Waals surface area contributed by atoms with Gasteiger partial charge in [0.2, 0.25) is 0 Å². The first-order chi connectivity index (χ1) is 9.70. The van der Waals surface area contributed by atoms with E-state index >= 15 is 0 Å². The molecule has 0 saturated heterocycles. The Hall–Kier alpha value is -1.95. The predicted octanol–water partition coefficient (Wildman–Crippen LogP) is 2.60. The van der Waals surface area contributed by atoms with E-state index in [-0.39, 0.29) is 5.91 Å². The van der Waals surface area contributed by atoms with E-state index in [0.29, 0.717) is 18.1 Å². The average Bonchev–Trinajstić information content (AvgIpc) is 2.88. The minimum atomic E-state index is -0.203. The van der Waals surface area contributed by atoms with Crippen molar-refractivity contribution in [2.45, 2.75) is 26.8 Å². The quantitative estimate of drug-likeness (QED) is 0.858. The van der Waals surface area contributed by atoms with Crippen LogP contribution in [0.3, 0.4) is 0 Å². The lowest BCUT2D eigenvalue weighted by Gasteiger charge is -2.06. The van der Waals surface area contributed by atoms with Gasteiger partial charge in [0.1, 0.15) is 11.5 Å². The van der Waals surface area contributed by atoms with Gasteiger partial charge in [0, 0.05) is 11.4 Å². The normalized spacial score (nSPS) is 10.3. The van der Waals surface area contributed by atoms with Crippen LogP contribution < -0.4 is 10.6 Å². The Labute approximate surface area is 122 Å². The molecular weight excluding hydrogens is 272 g/mol. The summed E-state index contributed by atoms with van der Waals surface area (Å²) in [4.78, 5) is 21.5. The number of rotatable bonds is 6. The predicted molar refractivity (Wildman–Crippen MR) is 81.0 cm³/mol. The molecule has 0 aliphatic heterocycles. The fourth-order valence-corrected chi connectivity index (χ4v) is 2.50. The topological polar surface area (TPSA) is 66.9 Å². The monoisotopic (exact) mass is 290 g/mol. The van der Waals surface area contributed by atoms with Crippen molar-refractivity contribution in [3.8, 4) is 0 Å². The lowest BCUT2D eigenvalue weighted by Crippen LogP contribution is -2.24. The Morgan fingerprint density at radius 1 is 1.40 bits per heavy atom. The average molecular weight is 290 g/mol. The van der Waals surface area contributed by atoms with Crippen molar-refractivity contribution in [2.24, 2.45) is 0 Å². The number of aryl methyl sites for hydroxylation is 1. The summed E-state index contributed by atoms with van der Waals surface area (Å²) >= 11 is 1.64. The van der Waals surface area contributed by atoms with Crippen molar-refractivity contribution < 1.29 is 4.79 Å². The van der Waals surface area contributed by atoms with Crippen LogP contribution in [0.1, 0.15) is 34.3 Å². The maximum atomic E-state index is 12.0. The highest BCUT2D eigenvalue weighted by molar-refractivity contribution is 7.10. The van der Waals surface area contributed by atoms with Gasteiger partial charge in [-0.1, -0.05) is 6.92 Å². The van der Waals surface area contributed by atoms with E-state index in [4.69, 9.17) is 0 Å². The fraction of sp³-hybridized carbons (Fsp3) is 0.357. The molecule has 106 valence electrons. The third-order valence-corrected chi connectivity index (χ3v) is 3.82. The van der Waals surface area contributed by atoms with Gasteiger partial charge >= 0.3 is 0 Å². The zero-order valence-electron chi connectivity index (χ0n) is 11.6. The number of aromatic nitrogens is 2. The minimum Gasteiger partial charge on any atom is -0.369 e. The molecule has 1 amide bonds. The molecule has 0 saturated carbocycles. The fourth-order valence-electron chi connectivity index (χ4n) is 1.65. The summed E-state index contributed by atoms with van der Waals surface area (Å²) in [5.74, 6) is 0.428. The molecule has 2 aromatic heterocycles. The minimum absolute atomic E-state index is 0.203. The molecule has 2 N–H and O–H groups in total. The van der Waals surface area contributed by atoms with E-state index in [1.165, 1.54) is 11.8 Å². The first-order valence-electron chi connectivity index (χ1n) is 6.57. The highest BCUT2D eigenvalue weighted by atomic mass is 32.1. The smallest absolute Gasteiger partial charge is 0.271 e. The molecule has 0 bridgehead atoms. The summed E-state index contributed by atoms with van der Waals surface area (Å²) in [5.41, 5.74) is 1.53. The molecule has 0 aromatic carbocycles. The van der Waals surface area contributed by atoms with Crippen LogP contribution in [0.4, 0.5) is 5.82 Å². The summed E-state index contributed by atoms with van der Waals surface area (Å²) in [7, 11) is 0. The molecule has 0 fully saturated rings. The number of nitrogens with one attached hydrogen (secondary N) is 2. The molecule has 0 aliphatic rings. The Morgan fingerprint density at radius 2 is 2.25 bits per heavy atom. The van der Waals surface area contributed by atoms with Crippen molar-refractivity contribution >= 4 is 23.1 Å². The van der Waals surface area contributed by atoms with Gasteiger partial charge in [0.25, 0.3) is 5.91 Å². The standard InChI is InChI=1S/C14H18N4OS/c1-3-5-16-13-9-15-7-11(18-13)14(19)17-8-12-10(2)4-6-20-12/h4,6-7,9H,3,5,8H2,1-2H3,(H,16,18)(H,17,19). The zero-order valence-corrected chi connectivity index (χ0v) is 12.5. The number of thiophene rings is 1. The molecule has 0 unspecified atom stereocenters. The van der Waals surface area contributed by atoms with E-state index in [1.807, 2.05) is 18.4 Å². The Kier molecular flexibility index (Phi) is 5.06. The van der Waals surface area contributed by atoms with Crippen molar-refractivity contribution in [1.29, 1.82) is 0 Å². The van der Waals surface area contributed by atoms with Crippen LogP contribution in [-0.2, 0) is 6.54 Å².